The lowest BCUT2D eigenvalue weighted by Gasteiger charge is -2.36. The van der Waals surface area contributed by atoms with Gasteiger partial charge < -0.3 is 24.6 Å². The van der Waals surface area contributed by atoms with Crippen molar-refractivity contribution < 1.29 is 32.4 Å². The molecular formula is C25H30F3N5O5. The van der Waals surface area contributed by atoms with Crippen molar-refractivity contribution in [2.75, 3.05) is 50.1 Å². The van der Waals surface area contributed by atoms with E-state index < -0.39 is 22.4 Å². The number of aromatic nitrogens is 1. The van der Waals surface area contributed by atoms with E-state index in [1.54, 1.807) is 24.3 Å². The number of nitro benzene ring substituents is 1. The molecule has 2 heterocycles. The van der Waals surface area contributed by atoms with Gasteiger partial charge in [0.2, 0.25) is 11.8 Å². The second-order valence-electron chi connectivity index (χ2n) is 9.34. The highest BCUT2D eigenvalue weighted by Crippen LogP contribution is 2.38. The SMILES string of the molecule is COc1ccc(N2CCN(C(=O)CO[C@H]3CC[C@H](Nc4ccc([N+](=O)[O-])c(C(F)(F)F)c4)CC3)CC2)cn1. The number of nitro groups is 1. The average molecular weight is 538 g/mol. The summed E-state index contributed by atoms with van der Waals surface area (Å²) in [5.74, 6) is 0.481. The van der Waals surface area contributed by atoms with Gasteiger partial charge in [-0.05, 0) is 43.9 Å². The zero-order valence-corrected chi connectivity index (χ0v) is 20.9. The summed E-state index contributed by atoms with van der Waals surface area (Å²) in [7, 11) is 1.56. The molecule has 2 aliphatic rings. The van der Waals surface area contributed by atoms with E-state index in [2.05, 4.69) is 15.2 Å². The first kappa shape index (κ1) is 27.4. The number of hydrogen-bond donors (Lipinski definition) is 1. The molecule has 0 unspecified atom stereocenters. The number of pyridine rings is 1. The number of hydrogen-bond acceptors (Lipinski definition) is 8. The van der Waals surface area contributed by atoms with Gasteiger partial charge in [-0.25, -0.2) is 4.98 Å². The third-order valence-electron chi connectivity index (χ3n) is 6.91. The molecule has 1 saturated heterocycles. The summed E-state index contributed by atoms with van der Waals surface area (Å²) in [5.41, 5.74) is -1.08. The molecule has 0 spiro atoms. The Bertz CT molecular complexity index is 1120. The van der Waals surface area contributed by atoms with E-state index in [1.807, 2.05) is 6.07 Å². The number of carbonyl (C=O) groups is 1. The van der Waals surface area contributed by atoms with Crippen LogP contribution in [-0.4, -0.2) is 72.8 Å². The summed E-state index contributed by atoms with van der Waals surface area (Å²) in [6.07, 6.45) is -0.576. The average Bonchev–Trinajstić information content (AvgIpc) is 2.92. The van der Waals surface area contributed by atoms with Gasteiger partial charge in [-0.2, -0.15) is 13.2 Å². The van der Waals surface area contributed by atoms with Crippen LogP contribution in [0.15, 0.2) is 36.5 Å². The van der Waals surface area contributed by atoms with Crippen LogP contribution in [0.5, 0.6) is 5.88 Å². The number of ether oxygens (including phenoxy) is 2. The second kappa shape index (κ2) is 11.8. The Labute approximate surface area is 217 Å². The van der Waals surface area contributed by atoms with Gasteiger partial charge in [0.15, 0.2) is 0 Å². The minimum absolute atomic E-state index is 0.00977. The molecule has 1 amide bonds. The molecule has 13 heteroatoms. The van der Waals surface area contributed by atoms with Crippen LogP contribution in [0.1, 0.15) is 31.2 Å². The standard InChI is InChI=1S/C25H30F3N5O5/c1-37-23-9-5-19(15-29-23)31-10-12-32(13-11-31)24(34)16-38-20-6-2-17(3-7-20)30-18-4-8-22(33(35)36)21(14-18)25(26,27)28/h4-5,8-9,14-15,17,20,30H,2-3,6-7,10-13,16H2,1H3/t17-,20-. The van der Waals surface area contributed by atoms with Crippen LogP contribution in [0.25, 0.3) is 0 Å². The van der Waals surface area contributed by atoms with Gasteiger partial charge >= 0.3 is 6.18 Å². The Balaban J connectivity index is 1.19. The van der Waals surface area contributed by atoms with Crippen LogP contribution in [0.3, 0.4) is 0 Å². The molecule has 1 aliphatic carbocycles. The number of alkyl halides is 3. The van der Waals surface area contributed by atoms with Gasteiger partial charge in [-0.15, -0.1) is 0 Å². The van der Waals surface area contributed by atoms with E-state index in [-0.39, 0.29) is 30.3 Å². The zero-order chi connectivity index (χ0) is 27.3. The number of halogens is 3. The van der Waals surface area contributed by atoms with Gasteiger partial charge in [-0.3, -0.25) is 14.9 Å². The molecule has 1 aromatic carbocycles. The first-order chi connectivity index (χ1) is 18.1. The number of rotatable bonds is 8. The van der Waals surface area contributed by atoms with Crippen molar-refractivity contribution in [1.29, 1.82) is 0 Å². The highest BCUT2D eigenvalue weighted by molar-refractivity contribution is 5.77. The highest BCUT2D eigenvalue weighted by atomic mass is 19.4. The largest absolute Gasteiger partial charge is 0.481 e. The van der Waals surface area contributed by atoms with E-state index in [1.165, 1.54) is 6.07 Å². The van der Waals surface area contributed by atoms with Crippen LogP contribution in [0.4, 0.5) is 30.2 Å². The molecule has 0 radical (unpaired) electrons. The predicted octanol–water partition coefficient (Wildman–Crippen LogP) is 4.11. The molecule has 1 aliphatic heterocycles. The zero-order valence-electron chi connectivity index (χ0n) is 20.9. The summed E-state index contributed by atoms with van der Waals surface area (Å²) >= 11 is 0. The highest BCUT2D eigenvalue weighted by Gasteiger charge is 2.38. The quantitative estimate of drug-likeness (QED) is 0.396. The first-order valence-electron chi connectivity index (χ1n) is 12.4. The maximum absolute atomic E-state index is 13.2. The fourth-order valence-electron chi connectivity index (χ4n) is 4.80. The Morgan fingerprint density at radius 2 is 1.84 bits per heavy atom. The van der Waals surface area contributed by atoms with E-state index in [4.69, 9.17) is 9.47 Å². The minimum Gasteiger partial charge on any atom is -0.481 e. The smallest absolute Gasteiger partial charge is 0.423 e. The number of benzene rings is 1. The number of piperazine rings is 1. The molecule has 1 aromatic heterocycles. The fourth-order valence-corrected chi connectivity index (χ4v) is 4.80. The van der Waals surface area contributed by atoms with Gasteiger partial charge in [0.1, 0.15) is 12.2 Å². The van der Waals surface area contributed by atoms with Gasteiger partial charge in [0.05, 0.1) is 30.0 Å². The summed E-state index contributed by atoms with van der Waals surface area (Å²) in [6, 6.07) is 6.60. The topological polar surface area (TPSA) is 110 Å². The van der Waals surface area contributed by atoms with E-state index in [0.29, 0.717) is 57.7 Å². The Morgan fingerprint density at radius 1 is 1.13 bits per heavy atom. The molecule has 2 fully saturated rings. The summed E-state index contributed by atoms with van der Waals surface area (Å²) in [4.78, 5) is 30.7. The fraction of sp³-hybridized carbons (Fsp3) is 0.520. The van der Waals surface area contributed by atoms with Crippen LogP contribution in [-0.2, 0) is 15.7 Å². The summed E-state index contributed by atoms with van der Waals surface area (Å²) in [6.45, 7) is 2.54. The monoisotopic (exact) mass is 537 g/mol. The molecule has 1 saturated carbocycles. The molecule has 2 aromatic rings. The maximum atomic E-state index is 13.2. The summed E-state index contributed by atoms with van der Waals surface area (Å²) in [5, 5.41) is 14.0. The summed E-state index contributed by atoms with van der Waals surface area (Å²) < 4.78 is 50.7. The third-order valence-corrected chi connectivity index (χ3v) is 6.91. The minimum atomic E-state index is -4.82. The van der Waals surface area contributed by atoms with Crippen LogP contribution in [0, 0.1) is 10.1 Å². The third kappa shape index (κ3) is 6.82. The Morgan fingerprint density at radius 3 is 2.42 bits per heavy atom. The van der Waals surface area contributed by atoms with Gasteiger partial charge in [0, 0.05) is 50.0 Å². The van der Waals surface area contributed by atoms with Crippen molar-refractivity contribution >= 4 is 23.0 Å². The molecule has 0 atom stereocenters. The lowest BCUT2D eigenvalue weighted by Crippen LogP contribution is -2.50. The lowest BCUT2D eigenvalue weighted by atomic mass is 9.92. The van der Waals surface area contributed by atoms with Crippen molar-refractivity contribution in [3.8, 4) is 5.88 Å². The Hall–Kier alpha value is -3.61. The number of carbonyl (C=O) groups excluding carboxylic acids is 1. The molecule has 10 nitrogen and oxygen atoms in total. The van der Waals surface area contributed by atoms with E-state index >= 15 is 0 Å². The Kier molecular flexibility index (Phi) is 8.55. The van der Waals surface area contributed by atoms with E-state index in [0.717, 1.165) is 17.8 Å². The number of methoxy groups -OCH3 is 1. The van der Waals surface area contributed by atoms with Crippen LogP contribution < -0.4 is 15.0 Å². The lowest BCUT2D eigenvalue weighted by molar-refractivity contribution is -0.388. The van der Waals surface area contributed by atoms with Crippen LogP contribution in [0.2, 0.25) is 0 Å². The predicted molar refractivity (Wildman–Crippen MR) is 133 cm³/mol. The number of anilines is 2. The van der Waals surface area contributed by atoms with Crippen molar-refractivity contribution in [2.45, 2.75) is 44.0 Å². The number of nitrogens with zero attached hydrogens (tertiary/aromatic N) is 4. The van der Waals surface area contributed by atoms with Gasteiger partial charge in [0.25, 0.3) is 5.69 Å². The molecule has 206 valence electrons. The molecule has 1 N–H and O–H groups in total. The van der Waals surface area contributed by atoms with E-state index in [9.17, 15) is 28.1 Å². The number of amides is 1. The molecule has 0 bridgehead atoms. The van der Waals surface area contributed by atoms with Crippen molar-refractivity contribution in [3.63, 3.8) is 0 Å². The van der Waals surface area contributed by atoms with Crippen molar-refractivity contribution in [3.05, 3.63) is 52.2 Å². The molecular weight excluding hydrogens is 507 g/mol. The molecule has 38 heavy (non-hydrogen) atoms. The first-order valence-corrected chi connectivity index (χ1v) is 12.4. The normalized spacial score (nSPS) is 20.2. The molecule has 4 rings (SSSR count). The van der Waals surface area contributed by atoms with Crippen molar-refractivity contribution in [1.82, 2.24) is 9.88 Å². The van der Waals surface area contributed by atoms with Crippen molar-refractivity contribution in [2.24, 2.45) is 0 Å². The maximum Gasteiger partial charge on any atom is 0.423 e. The number of nitrogens with one attached hydrogen (secondary N) is 1. The second-order valence-corrected chi connectivity index (χ2v) is 9.34. The van der Waals surface area contributed by atoms with Crippen LogP contribution >= 0.6 is 0 Å². The van der Waals surface area contributed by atoms with Gasteiger partial charge in [-0.1, -0.05) is 0 Å².